The van der Waals surface area contributed by atoms with E-state index in [2.05, 4.69) is 20.9 Å². The summed E-state index contributed by atoms with van der Waals surface area (Å²) in [6.45, 7) is 0.0397. The summed E-state index contributed by atoms with van der Waals surface area (Å²) in [6.07, 6.45) is 4.65. The summed E-state index contributed by atoms with van der Waals surface area (Å²) in [5.74, 6) is -0.885. The molecule has 0 saturated carbocycles. The molecule has 0 aliphatic carbocycles. The Balaban J connectivity index is 1.67. The van der Waals surface area contributed by atoms with Crippen LogP contribution in [-0.2, 0) is 16.1 Å². The number of carbonyl (C=O) groups is 1. The van der Waals surface area contributed by atoms with Crippen molar-refractivity contribution in [3.8, 4) is 0 Å². The van der Waals surface area contributed by atoms with E-state index in [1.165, 1.54) is 29.5 Å². The van der Waals surface area contributed by atoms with Crippen LogP contribution in [0.15, 0.2) is 40.3 Å². The van der Waals surface area contributed by atoms with Crippen LogP contribution in [-0.4, -0.2) is 15.4 Å². The quantitative estimate of drug-likeness (QED) is 0.458. The third kappa shape index (κ3) is 3.63. The maximum absolute atomic E-state index is 13.0. The molecule has 0 fully saturated rings. The van der Waals surface area contributed by atoms with Gasteiger partial charge in [-0.15, -0.1) is 11.3 Å². The average molecular weight is 416 g/mol. The minimum Gasteiger partial charge on any atom is -0.458 e. The van der Waals surface area contributed by atoms with Gasteiger partial charge in [-0.3, -0.25) is 4.40 Å². The van der Waals surface area contributed by atoms with Crippen LogP contribution in [0.4, 0.5) is 4.39 Å². The van der Waals surface area contributed by atoms with Gasteiger partial charge in [-0.2, -0.15) is 0 Å². The van der Waals surface area contributed by atoms with E-state index >= 15 is 0 Å². The molecule has 0 N–H and O–H groups in total. The Morgan fingerprint density at radius 1 is 1.52 bits per heavy atom. The molecule has 1 aromatic carbocycles. The van der Waals surface area contributed by atoms with Gasteiger partial charge in [0.25, 0.3) is 0 Å². The van der Waals surface area contributed by atoms with E-state index < -0.39 is 5.97 Å². The van der Waals surface area contributed by atoms with E-state index in [4.69, 9.17) is 16.3 Å². The van der Waals surface area contributed by atoms with Crippen LogP contribution in [0.3, 0.4) is 0 Å². The molecule has 2 heterocycles. The Labute approximate surface area is 148 Å². The first kappa shape index (κ1) is 16.2. The molecule has 3 aromatic rings. The molecular formula is C15H9BrClFN2O2S. The number of fused-ring (bicyclic) bond motifs is 1. The van der Waals surface area contributed by atoms with E-state index in [1.807, 2.05) is 11.6 Å². The molecule has 2 aromatic heterocycles. The highest BCUT2D eigenvalue weighted by molar-refractivity contribution is 9.10. The lowest BCUT2D eigenvalue weighted by Crippen LogP contribution is -2.01. The predicted molar refractivity (Wildman–Crippen MR) is 91.0 cm³/mol. The second-order valence-corrected chi connectivity index (χ2v) is 6.61. The van der Waals surface area contributed by atoms with E-state index in [0.717, 1.165) is 4.96 Å². The number of carbonyl (C=O) groups excluding carboxylic acids is 1. The average Bonchev–Trinajstić information content (AvgIpc) is 3.05. The fourth-order valence-electron chi connectivity index (χ4n) is 1.91. The highest BCUT2D eigenvalue weighted by atomic mass is 79.9. The Hall–Kier alpha value is -1.70. The molecule has 0 unspecified atom stereocenters. The largest absolute Gasteiger partial charge is 0.458 e. The third-order valence-corrected chi connectivity index (χ3v) is 4.79. The molecule has 23 heavy (non-hydrogen) atoms. The standard InChI is InChI=1S/C15H9BrClFN2O2S/c16-11-7-10(18)2-1-9(11)8-22-13(21)4-3-12-14(17)19-15-20(12)5-6-23-15/h1-7H,8H2/b4-3+. The van der Waals surface area contributed by atoms with Crippen molar-refractivity contribution < 1.29 is 13.9 Å². The number of nitrogens with zero attached hydrogens (tertiary/aromatic N) is 2. The van der Waals surface area contributed by atoms with Crippen LogP contribution < -0.4 is 0 Å². The molecule has 118 valence electrons. The molecule has 3 rings (SSSR count). The van der Waals surface area contributed by atoms with Crippen molar-refractivity contribution in [1.29, 1.82) is 0 Å². The van der Waals surface area contributed by atoms with Gasteiger partial charge in [0.2, 0.25) is 0 Å². The van der Waals surface area contributed by atoms with Gasteiger partial charge in [-0.1, -0.05) is 33.6 Å². The summed E-state index contributed by atoms with van der Waals surface area (Å²) in [5, 5.41) is 2.20. The zero-order valence-corrected chi connectivity index (χ0v) is 14.7. The van der Waals surface area contributed by atoms with Crippen molar-refractivity contribution >= 4 is 55.9 Å². The summed E-state index contributed by atoms with van der Waals surface area (Å²) >= 11 is 10.7. The number of thiazole rings is 1. The number of esters is 1. The number of halogens is 3. The van der Waals surface area contributed by atoms with Crippen molar-refractivity contribution in [3.63, 3.8) is 0 Å². The Morgan fingerprint density at radius 2 is 2.35 bits per heavy atom. The number of benzene rings is 1. The summed E-state index contributed by atoms with van der Waals surface area (Å²) in [6, 6.07) is 4.18. The highest BCUT2D eigenvalue weighted by Crippen LogP contribution is 2.22. The number of hydrogen-bond donors (Lipinski definition) is 0. The molecule has 0 radical (unpaired) electrons. The van der Waals surface area contributed by atoms with Gasteiger partial charge in [-0.05, 0) is 18.2 Å². The third-order valence-electron chi connectivity index (χ3n) is 3.02. The maximum Gasteiger partial charge on any atom is 0.331 e. The second-order valence-electron chi connectivity index (χ2n) is 4.52. The topological polar surface area (TPSA) is 43.6 Å². The smallest absolute Gasteiger partial charge is 0.331 e. The number of imidazole rings is 1. The molecule has 8 heteroatoms. The predicted octanol–water partition coefficient (Wildman–Crippen LogP) is 4.71. The number of ether oxygens (including phenoxy) is 1. The van der Waals surface area contributed by atoms with Crippen LogP contribution >= 0.6 is 38.9 Å². The molecule has 0 spiro atoms. The van der Waals surface area contributed by atoms with Gasteiger partial charge in [0.05, 0.1) is 5.69 Å². The SMILES string of the molecule is O=C(/C=C/c1c(Cl)nc2sccn12)OCc1ccc(F)cc1Br. The zero-order chi connectivity index (χ0) is 16.4. The van der Waals surface area contributed by atoms with Crippen LogP contribution in [0.1, 0.15) is 11.3 Å². The number of aromatic nitrogens is 2. The molecule has 0 bridgehead atoms. The molecule has 0 amide bonds. The minimum atomic E-state index is -0.525. The van der Waals surface area contributed by atoms with Gasteiger partial charge in [-0.25, -0.2) is 14.2 Å². The fourth-order valence-corrected chi connectivity index (χ4v) is 3.38. The minimum absolute atomic E-state index is 0.0397. The molecule has 0 saturated heterocycles. The molecule has 0 aliphatic heterocycles. The van der Waals surface area contributed by atoms with Gasteiger partial charge >= 0.3 is 5.97 Å². The van der Waals surface area contributed by atoms with Crippen molar-refractivity contribution in [2.24, 2.45) is 0 Å². The van der Waals surface area contributed by atoms with Crippen molar-refractivity contribution in [2.45, 2.75) is 6.61 Å². The van der Waals surface area contributed by atoms with Gasteiger partial charge in [0.1, 0.15) is 12.4 Å². The van der Waals surface area contributed by atoms with Crippen LogP contribution in [0.5, 0.6) is 0 Å². The Bertz CT molecular complexity index is 906. The summed E-state index contributed by atoms with van der Waals surface area (Å²) in [4.78, 5) is 16.7. The monoisotopic (exact) mass is 414 g/mol. The number of rotatable bonds is 4. The first-order valence-corrected chi connectivity index (χ1v) is 8.49. The van der Waals surface area contributed by atoms with Gasteiger partial charge in [0.15, 0.2) is 10.1 Å². The lowest BCUT2D eigenvalue weighted by atomic mass is 10.2. The summed E-state index contributed by atoms with van der Waals surface area (Å²) in [7, 11) is 0. The Morgan fingerprint density at radius 3 is 3.13 bits per heavy atom. The molecular weight excluding hydrogens is 407 g/mol. The fraction of sp³-hybridized carbons (Fsp3) is 0.0667. The van der Waals surface area contributed by atoms with Gasteiger partial charge < -0.3 is 4.74 Å². The Kier molecular flexibility index (Phi) is 4.79. The summed E-state index contributed by atoms with van der Waals surface area (Å²) < 4.78 is 20.5. The van der Waals surface area contributed by atoms with E-state index in [0.29, 0.717) is 20.9 Å². The van der Waals surface area contributed by atoms with E-state index in [9.17, 15) is 9.18 Å². The normalized spacial score (nSPS) is 11.4. The first-order valence-electron chi connectivity index (χ1n) is 6.44. The van der Waals surface area contributed by atoms with Crippen molar-refractivity contribution in [3.05, 3.63) is 62.6 Å². The summed E-state index contributed by atoms with van der Waals surface area (Å²) in [5.41, 5.74) is 1.29. The van der Waals surface area contributed by atoms with Crippen LogP contribution in [0.25, 0.3) is 11.0 Å². The second kappa shape index (κ2) is 6.82. The zero-order valence-electron chi connectivity index (χ0n) is 11.5. The first-order chi connectivity index (χ1) is 11.0. The van der Waals surface area contributed by atoms with E-state index in [-0.39, 0.29) is 12.4 Å². The molecule has 0 aliphatic rings. The highest BCUT2D eigenvalue weighted by Gasteiger charge is 2.09. The number of hydrogen-bond acceptors (Lipinski definition) is 4. The lowest BCUT2D eigenvalue weighted by Gasteiger charge is -2.04. The van der Waals surface area contributed by atoms with Gasteiger partial charge in [0, 0.05) is 27.7 Å². The molecule has 0 atom stereocenters. The maximum atomic E-state index is 13.0. The van der Waals surface area contributed by atoms with Crippen molar-refractivity contribution in [2.75, 3.05) is 0 Å². The van der Waals surface area contributed by atoms with Crippen LogP contribution in [0.2, 0.25) is 5.15 Å². The van der Waals surface area contributed by atoms with E-state index in [1.54, 1.807) is 16.5 Å². The molecule has 4 nitrogen and oxygen atoms in total. The lowest BCUT2D eigenvalue weighted by molar-refractivity contribution is -0.138. The van der Waals surface area contributed by atoms with Crippen LogP contribution in [0, 0.1) is 5.82 Å². The van der Waals surface area contributed by atoms with Crippen molar-refractivity contribution in [1.82, 2.24) is 9.38 Å².